The predicted octanol–water partition coefficient (Wildman–Crippen LogP) is 3.28. The zero-order valence-electron chi connectivity index (χ0n) is 10.9. The molecule has 1 heterocycles. The smallest absolute Gasteiger partial charge is 0.202 e. The van der Waals surface area contributed by atoms with Crippen molar-refractivity contribution >= 4 is 16.9 Å². The largest absolute Gasteiger partial charge is 0.440 e. The fourth-order valence-corrected chi connectivity index (χ4v) is 2.81. The topological polar surface area (TPSA) is 43.1 Å². The van der Waals surface area contributed by atoms with Crippen molar-refractivity contribution < 1.29 is 9.21 Å². The maximum Gasteiger partial charge on any atom is 0.202 e. The van der Waals surface area contributed by atoms with E-state index in [0.717, 1.165) is 23.1 Å². The summed E-state index contributed by atoms with van der Waals surface area (Å²) < 4.78 is 5.61. The molecule has 3 nitrogen and oxygen atoms in total. The van der Waals surface area contributed by atoms with E-state index in [0.29, 0.717) is 5.89 Å². The maximum absolute atomic E-state index is 12.3. The molecule has 0 bridgehead atoms. The summed E-state index contributed by atoms with van der Waals surface area (Å²) in [6.45, 7) is 0. The number of oxazole rings is 1. The van der Waals surface area contributed by atoms with Crippen LogP contribution in [0.2, 0.25) is 0 Å². The molecule has 1 atom stereocenters. The first-order valence-electron chi connectivity index (χ1n) is 6.76. The molecule has 0 amide bonds. The number of nitrogens with zero attached hydrogens (tertiary/aromatic N) is 1. The molecule has 2 aromatic carbocycles. The van der Waals surface area contributed by atoms with Gasteiger partial charge in [-0.3, -0.25) is 4.79 Å². The van der Waals surface area contributed by atoms with Crippen molar-refractivity contribution in [1.29, 1.82) is 0 Å². The van der Waals surface area contributed by atoms with Gasteiger partial charge in [0.15, 0.2) is 5.58 Å². The van der Waals surface area contributed by atoms with Gasteiger partial charge in [-0.2, -0.15) is 0 Å². The number of hydrogen-bond acceptors (Lipinski definition) is 3. The van der Waals surface area contributed by atoms with Crippen LogP contribution in [0, 0.1) is 0 Å². The van der Waals surface area contributed by atoms with Gasteiger partial charge in [-0.1, -0.05) is 36.4 Å². The minimum absolute atomic E-state index is 0.0150. The Bertz CT molecular complexity index is 770. The molecule has 3 heteroatoms. The number of Topliss-reactive ketones (excluding diaryl/α,β-unsaturated/α-hetero) is 1. The van der Waals surface area contributed by atoms with Crippen LogP contribution in [0.25, 0.3) is 11.1 Å². The van der Waals surface area contributed by atoms with Crippen LogP contribution < -0.4 is 0 Å². The van der Waals surface area contributed by atoms with Crippen molar-refractivity contribution in [2.24, 2.45) is 0 Å². The highest BCUT2D eigenvalue weighted by molar-refractivity contribution is 5.90. The van der Waals surface area contributed by atoms with Crippen molar-refractivity contribution in [3.8, 4) is 0 Å². The Morgan fingerprint density at radius 3 is 2.80 bits per heavy atom. The van der Waals surface area contributed by atoms with E-state index in [-0.39, 0.29) is 18.1 Å². The molecule has 0 saturated heterocycles. The molecule has 0 fully saturated rings. The SMILES string of the molecule is O=C(Cc1nc2ccccc2o1)C1Cc2ccccc21. The molecule has 3 aromatic rings. The van der Waals surface area contributed by atoms with Crippen molar-refractivity contribution in [2.45, 2.75) is 18.8 Å². The summed E-state index contributed by atoms with van der Waals surface area (Å²) in [6.07, 6.45) is 1.11. The highest BCUT2D eigenvalue weighted by atomic mass is 16.3. The third kappa shape index (κ3) is 1.74. The van der Waals surface area contributed by atoms with Gasteiger partial charge in [0.2, 0.25) is 5.89 Å². The van der Waals surface area contributed by atoms with Crippen LogP contribution >= 0.6 is 0 Å². The average Bonchev–Trinajstić information content (AvgIpc) is 2.82. The minimum atomic E-state index is 0.0150. The van der Waals surface area contributed by atoms with E-state index in [9.17, 15) is 4.79 Å². The number of benzene rings is 2. The molecule has 0 spiro atoms. The first-order chi connectivity index (χ1) is 9.81. The van der Waals surface area contributed by atoms with Gasteiger partial charge < -0.3 is 4.42 Å². The van der Waals surface area contributed by atoms with E-state index in [1.54, 1.807) is 0 Å². The summed E-state index contributed by atoms with van der Waals surface area (Å²) in [6, 6.07) is 15.7. The zero-order chi connectivity index (χ0) is 13.5. The van der Waals surface area contributed by atoms with E-state index in [1.165, 1.54) is 5.56 Å². The van der Waals surface area contributed by atoms with Crippen molar-refractivity contribution in [1.82, 2.24) is 4.98 Å². The lowest BCUT2D eigenvalue weighted by Crippen LogP contribution is -2.26. The molecular formula is C17H13NO2. The number of carbonyl (C=O) groups excluding carboxylic acids is 1. The van der Waals surface area contributed by atoms with E-state index < -0.39 is 0 Å². The second-order valence-electron chi connectivity index (χ2n) is 5.17. The first-order valence-corrected chi connectivity index (χ1v) is 6.76. The van der Waals surface area contributed by atoms with Crippen LogP contribution in [0.15, 0.2) is 52.9 Å². The molecule has 98 valence electrons. The minimum Gasteiger partial charge on any atom is -0.440 e. The molecule has 0 N–H and O–H groups in total. The van der Waals surface area contributed by atoms with Crippen molar-refractivity contribution in [3.63, 3.8) is 0 Å². The van der Waals surface area contributed by atoms with Gasteiger partial charge in [-0.25, -0.2) is 4.98 Å². The summed E-state index contributed by atoms with van der Waals surface area (Å²) in [4.78, 5) is 16.7. The van der Waals surface area contributed by atoms with E-state index >= 15 is 0 Å². The maximum atomic E-state index is 12.3. The molecule has 1 aliphatic rings. The van der Waals surface area contributed by atoms with Gasteiger partial charge in [0.1, 0.15) is 11.3 Å². The number of para-hydroxylation sites is 2. The molecule has 0 aliphatic heterocycles. The van der Waals surface area contributed by atoms with Crippen molar-refractivity contribution in [3.05, 3.63) is 65.5 Å². The predicted molar refractivity (Wildman–Crippen MR) is 75.6 cm³/mol. The molecule has 4 rings (SSSR count). The summed E-state index contributed by atoms with van der Waals surface area (Å²) in [5.41, 5.74) is 3.99. The Morgan fingerprint density at radius 2 is 1.95 bits per heavy atom. The lowest BCUT2D eigenvalue weighted by molar-refractivity contribution is -0.120. The van der Waals surface area contributed by atoms with Gasteiger partial charge in [-0.15, -0.1) is 0 Å². The number of aromatic nitrogens is 1. The number of ketones is 1. The second kappa shape index (κ2) is 4.30. The normalized spacial score (nSPS) is 16.7. The van der Waals surface area contributed by atoms with Gasteiger partial charge in [0, 0.05) is 5.92 Å². The van der Waals surface area contributed by atoms with Crippen LogP contribution in [0.5, 0.6) is 0 Å². The van der Waals surface area contributed by atoms with E-state index in [1.807, 2.05) is 42.5 Å². The van der Waals surface area contributed by atoms with Gasteiger partial charge in [-0.05, 0) is 29.7 Å². The summed E-state index contributed by atoms with van der Waals surface area (Å²) >= 11 is 0. The lowest BCUT2D eigenvalue weighted by Gasteiger charge is -2.28. The Kier molecular flexibility index (Phi) is 2.46. The highest BCUT2D eigenvalue weighted by Crippen LogP contribution is 2.36. The monoisotopic (exact) mass is 263 g/mol. The standard InChI is InChI=1S/C17H13NO2/c19-15(13-9-11-5-1-2-6-12(11)13)10-17-18-14-7-3-4-8-16(14)20-17/h1-8,13H,9-10H2. The van der Waals surface area contributed by atoms with Gasteiger partial charge in [0.25, 0.3) is 0 Å². The van der Waals surface area contributed by atoms with Crippen molar-refractivity contribution in [2.75, 3.05) is 0 Å². The number of fused-ring (bicyclic) bond motifs is 2. The van der Waals surface area contributed by atoms with E-state index in [4.69, 9.17) is 4.42 Å². The van der Waals surface area contributed by atoms with Crippen LogP contribution in [-0.2, 0) is 17.6 Å². The Morgan fingerprint density at radius 1 is 1.15 bits per heavy atom. The van der Waals surface area contributed by atoms with Crippen LogP contribution in [0.1, 0.15) is 22.9 Å². The first kappa shape index (κ1) is 11.4. The third-order valence-electron chi connectivity index (χ3n) is 3.91. The highest BCUT2D eigenvalue weighted by Gasteiger charge is 2.32. The quantitative estimate of drug-likeness (QED) is 0.728. The van der Waals surface area contributed by atoms with E-state index in [2.05, 4.69) is 11.1 Å². The molecule has 0 radical (unpaired) electrons. The zero-order valence-corrected chi connectivity index (χ0v) is 10.9. The molecule has 20 heavy (non-hydrogen) atoms. The number of hydrogen-bond donors (Lipinski definition) is 0. The summed E-state index contributed by atoms with van der Waals surface area (Å²) in [5.74, 6) is 0.719. The van der Waals surface area contributed by atoms with Gasteiger partial charge >= 0.3 is 0 Å². The molecular weight excluding hydrogens is 250 g/mol. The van der Waals surface area contributed by atoms with Crippen LogP contribution in [-0.4, -0.2) is 10.8 Å². The molecule has 1 aliphatic carbocycles. The van der Waals surface area contributed by atoms with Crippen LogP contribution in [0.3, 0.4) is 0 Å². The second-order valence-corrected chi connectivity index (χ2v) is 5.17. The Labute approximate surface area is 116 Å². The molecule has 0 saturated carbocycles. The lowest BCUT2D eigenvalue weighted by atomic mass is 9.74. The number of carbonyl (C=O) groups is 1. The third-order valence-corrected chi connectivity index (χ3v) is 3.91. The number of rotatable bonds is 3. The van der Waals surface area contributed by atoms with Gasteiger partial charge in [0.05, 0.1) is 6.42 Å². The molecule has 1 unspecified atom stereocenters. The Hall–Kier alpha value is -2.42. The van der Waals surface area contributed by atoms with Crippen LogP contribution in [0.4, 0.5) is 0 Å². The summed E-state index contributed by atoms with van der Waals surface area (Å²) in [5, 5.41) is 0. The fourth-order valence-electron chi connectivity index (χ4n) is 2.81. The Balaban J connectivity index is 1.56. The average molecular weight is 263 g/mol. The fraction of sp³-hybridized carbons (Fsp3) is 0.176. The summed E-state index contributed by atoms with van der Waals surface area (Å²) in [7, 11) is 0. The molecule has 1 aromatic heterocycles.